The summed E-state index contributed by atoms with van der Waals surface area (Å²) in [4.78, 5) is 11.8. The molecule has 0 saturated heterocycles. The van der Waals surface area contributed by atoms with Crippen LogP contribution in [0.5, 0.6) is 0 Å². The van der Waals surface area contributed by atoms with E-state index < -0.39 is 0 Å². The van der Waals surface area contributed by atoms with E-state index in [9.17, 15) is 4.79 Å². The van der Waals surface area contributed by atoms with Crippen molar-refractivity contribution in [2.45, 2.75) is 0 Å². The van der Waals surface area contributed by atoms with Crippen LogP contribution in [0.4, 0.5) is 0 Å². The summed E-state index contributed by atoms with van der Waals surface area (Å²) in [6.45, 7) is 0. The lowest BCUT2D eigenvalue weighted by Crippen LogP contribution is -1.98. The summed E-state index contributed by atoms with van der Waals surface area (Å²) in [5.41, 5.74) is 1.11. The van der Waals surface area contributed by atoms with E-state index in [1.807, 2.05) is 13.2 Å². The molecular weight excluding hydrogens is 240 g/mol. The average Bonchev–Trinajstić information content (AvgIpc) is 2.81. The molecule has 2 aromatic heterocycles. The summed E-state index contributed by atoms with van der Waals surface area (Å²) in [6, 6.07) is 0. The molecule has 0 spiro atoms. The molecule has 2 aromatic rings. The molecule has 0 atom stereocenters. The number of halogens is 1. The van der Waals surface area contributed by atoms with Crippen LogP contribution in [0.15, 0.2) is 24.7 Å². The van der Waals surface area contributed by atoms with Crippen molar-refractivity contribution in [2.24, 2.45) is 14.1 Å². The Morgan fingerprint density at radius 2 is 2.12 bits per heavy atom. The summed E-state index contributed by atoms with van der Waals surface area (Å²) < 4.78 is 3.17. The zero-order chi connectivity index (χ0) is 12.4. The first-order chi connectivity index (χ1) is 8.06. The molecule has 0 bridgehead atoms. The fraction of sp³-hybridized carbons (Fsp3) is 0.182. The van der Waals surface area contributed by atoms with Crippen molar-refractivity contribution >= 4 is 23.5 Å². The molecular formula is C11H11ClN4O. The fourth-order valence-electron chi connectivity index (χ4n) is 1.40. The molecule has 0 aliphatic carbocycles. The molecule has 2 heterocycles. The minimum absolute atomic E-state index is 0.223. The van der Waals surface area contributed by atoms with Crippen molar-refractivity contribution in [1.29, 1.82) is 0 Å². The van der Waals surface area contributed by atoms with E-state index in [0.29, 0.717) is 5.02 Å². The first kappa shape index (κ1) is 11.6. The molecule has 2 rings (SSSR count). The van der Waals surface area contributed by atoms with Crippen LogP contribution in [-0.4, -0.2) is 25.3 Å². The summed E-state index contributed by atoms with van der Waals surface area (Å²) in [7, 11) is 3.53. The van der Waals surface area contributed by atoms with E-state index in [0.717, 1.165) is 5.56 Å². The van der Waals surface area contributed by atoms with Gasteiger partial charge < -0.3 is 0 Å². The SMILES string of the molecule is Cn1cc(/C=C/C(=O)c2nn(C)cc2Cl)cn1. The van der Waals surface area contributed by atoms with E-state index in [2.05, 4.69) is 10.2 Å². The Morgan fingerprint density at radius 1 is 1.35 bits per heavy atom. The van der Waals surface area contributed by atoms with Crippen LogP contribution < -0.4 is 0 Å². The molecule has 0 aliphatic rings. The van der Waals surface area contributed by atoms with Crippen molar-refractivity contribution in [1.82, 2.24) is 19.6 Å². The molecule has 88 valence electrons. The first-order valence-corrected chi connectivity index (χ1v) is 5.34. The highest BCUT2D eigenvalue weighted by Crippen LogP contribution is 2.14. The molecule has 0 radical (unpaired) electrons. The zero-order valence-corrected chi connectivity index (χ0v) is 10.2. The fourth-order valence-corrected chi connectivity index (χ4v) is 1.68. The average molecular weight is 251 g/mol. The van der Waals surface area contributed by atoms with Crippen LogP contribution in [0.3, 0.4) is 0 Å². The maximum Gasteiger partial charge on any atom is 0.207 e. The van der Waals surface area contributed by atoms with Gasteiger partial charge in [-0.15, -0.1) is 0 Å². The number of ketones is 1. The van der Waals surface area contributed by atoms with Gasteiger partial charge in [0.15, 0.2) is 5.69 Å². The number of aryl methyl sites for hydroxylation is 2. The van der Waals surface area contributed by atoms with Crippen molar-refractivity contribution in [3.63, 3.8) is 0 Å². The number of rotatable bonds is 3. The Labute approximate surface area is 103 Å². The van der Waals surface area contributed by atoms with E-state index in [-0.39, 0.29) is 11.5 Å². The van der Waals surface area contributed by atoms with Gasteiger partial charge in [-0.3, -0.25) is 14.2 Å². The molecule has 0 amide bonds. The number of allylic oxidation sites excluding steroid dienone is 1. The number of aromatic nitrogens is 4. The Hall–Kier alpha value is -1.88. The zero-order valence-electron chi connectivity index (χ0n) is 9.46. The Kier molecular flexibility index (Phi) is 3.10. The predicted molar refractivity (Wildman–Crippen MR) is 64.8 cm³/mol. The second-order valence-corrected chi connectivity index (χ2v) is 4.05. The van der Waals surface area contributed by atoms with Gasteiger partial charge in [0.05, 0.1) is 11.2 Å². The highest BCUT2D eigenvalue weighted by atomic mass is 35.5. The summed E-state index contributed by atoms with van der Waals surface area (Å²) in [6.07, 6.45) is 8.19. The van der Waals surface area contributed by atoms with Crippen molar-refractivity contribution < 1.29 is 4.79 Å². The lowest BCUT2D eigenvalue weighted by atomic mass is 10.2. The van der Waals surface area contributed by atoms with E-state index in [4.69, 9.17) is 11.6 Å². The highest BCUT2D eigenvalue weighted by molar-refractivity contribution is 6.34. The lowest BCUT2D eigenvalue weighted by Gasteiger charge is -1.89. The van der Waals surface area contributed by atoms with Crippen LogP contribution in [0, 0.1) is 0 Å². The summed E-state index contributed by atoms with van der Waals surface area (Å²) in [5.74, 6) is -0.223. The highest BCUT2D eigenvalue weighted by Gasteiger charge is 2.11. The minimum Gasteiger partial charge on any atom is -0.287 e. The summed E-state index contributed by atoms with van der Waals surface area (Å²) >= 11 is 5.87. The molecule has 0 fully saturated rings. The van der Waals surface area contributed by atoms with Gasteiger partial charge in [0, 0.05) is 32.1 Å². The number of nitrogens with zero attached hydrogens (tertiary/aromatic N) is 4. The second kappa shape index (κ2) is 4.55. The second-order valence-electron chi connectivity index (χ2n) is 3.64. The van der Waals surface area contributed by atoms with Gasteiger partial charge in [-0.25, -0.2) is 0 Å². The number of carbonyl (C=O) groups is 1. The van der Waals surface area contributed by atoms with Crippen LogP contribution in [0.1, 0.15) is 16.1 Å². The van der Waals surface area contributed by atoms with E-state index in [1.165, 1.54) is 10.8 Å². The van der Waals surface area contributed by atoms with Gasteiger partial charge in [-0.2, -0.15) is 10.2 Å². The minimum atomic E-state index is -0.223. The topological polar surface area (TPSA) is 52.7 Å². The number of carbonyl (C=O) groups excluding carboxylic acids is 1. The molecule has 0 saturated carbocycles. The molecule has 0 N–H and O–H groups in total. The third-order valence-corrected chi connectivity index (χ3v) is 2.45. The maximum absolute atomic E-state index is 11.8. The third-order valence-electron chi connectivity index (χ3n) is 2.17. The molecule has 0 aromatic carbocycles. The van der Waals surface area contributed by atoms with Gasteiger partial charge in [0.1, 0.15) is 0 Å². The smallest absolute Gasteiger partial charge is 0.207 e. The van der Waals surface area contributed by atoms with Gasteiger partial charge in [-0.1, -0.05) is 11.6 Å². The Balaban J connectivity index is 2.17. The van der Waals surface area contributed by atoms with Crippen LogP contribution in [-0.2, 0) is 14.1 Å². The molecule has 0 aliphatic heterocycles. The van der Waals surface area contributed by atoms with Crippen molar-refractivity contribution in [3.05, 3.63) is 40.9 Å². The monoisotopic (exact) mass is 250 g/mol. The quantitative estimate of drug-likeness (QED) is 0.616. The third kappa shape index (κ3) is 2.62. The van der Waals surface area contributed by atoms with Crippen LogP contribution in [0.25, 0.3) is 6.08 Å². The first-order valence-electron chi connectivity index (χ1n) is 4.96. The van der Waals surface area contributed by atoms with Gasteiger partial charge >= 0.3 is 0 Å². The van der Waals surface area contributed by atoms with Crippen molar-refractivity contribution in [3.8, 4) is 0 Å². The molecule has 5 nitrogen and oxygen atoms in total. The van der Waals surface area contributed by atoms with Gasteiger partial charge in [-0.05, 0) is 12.2 Å². The number of hydrogen-bond acceptors (Lipinski definition) is 3. The Bertz CT molecular complexity index is 582. The van der Waals surface area contributed by atoms with Crippen LogP contribution in [0.2, 0.25) is 5.02 Å². The molecule has 0 unspecified atom stereocenters. The van der Waals surface area contributed by atoms with Gasteiger partial charge in [0.2, 0.25) is 5.78 Å². The predicted octanol–water partition coefficient (Wildman–Crippen LogP) is 1.70. The standard InChI is InChI=1S/C11H11ClN4O/c1-15-6-8(5-13-15)3-4-10(17)11-9(12)7-16(2)14-11/h3-7H,1-2H3/b4-3+. The molecule has 6 heteroatoms. The number of hydrogen-bond donors (Lipinski definition) is 0. The summed E-state index contributed by atoms with van der Waals surface area (Å²) in [5, 5.41) is 8.34. The molecule has 17 heavy (non-hydrogen) atoms. The lowest BCUT2D eigenvalue weighted by molar-refractivity contribution is 0.104. The van der Waals surface area contributed by atoms with Crippen molar-refractivity contribution in [2.75, 3.05) is 0 Å². The van der Waals surface area contributed by atoms with E-state index >= 15 is 0 Å². The Morgan fingerprint density at radius 3 is 2.65 bits per heavy atom. The largest absolute Gasteiger partial charge is 0.287 e. The maximum atomic E-state index is 11.8. The van der Waals surface area contributed by atoms with Crippen LogP contribution >= 0.6 is 11.6 Å². The van der Waals surface area contributed by atoms with E-state index in [1.54, 1.807) is 30.2 Å². The normalized spacial score (nSPS) is 11.2. The van der Waals surface area contributed by atoms with Gasteiger partial charge in [0.25, 0.3) is 0 Å².